The smallest absolute Gasteiger partial charge is 0.0114 e. The Kier molecular flexibility index (Phi) is 4.38. The van der Waals surface area contributed by atoms with Gasteiger partial charge in [0.2, 0.25) is 0 Å². The van der Waals surface area contributed by atoms with E-state index >= 15 is 0 Å². The SMILES string of the molecule is CCc1ccc2c(c1)[C@@H](C)CCc1ccc(CC)c(CC)c1-2. The summed E-state index contributed by atoms with van der Waals surface area (Å²) >= 11 is 0. The fourth-order valence-corrected chi connectivity index (χ4v) is 4.01. The molecule has 3 rings (SSSR count). The molecule has 0 fully saturated rings. The molecule has 116 valence electrons. The summed E-state index contributed by atoms with van der Waals surface area (Å²) in [5.74, 6) is 0.656. The minimum Gasteiger partial charge on any atom is -0.0613 e. The van der Waals surface area contributed by atoms with Crippen molar-refractivity contribution in [1.29, 1.82) is 0 Å². The van der Waals surface area contributed by atoms with Crippen molar-refractivity contribution in [3.8, 4) is 11.1 Å². The van der Waals surface area contributed by atoms with Gasteiger partial charge in [0.05, 0.1) is 0 Å². The maximum atomic E-state index is 2.47. The number of hydrogen-bond acceptors (Lipinski definition) is 0. The summed E-state index contributed by atoms with van der Waals surface area (Å²) < 4.78 is 0. The third-order valence-electron chi connectivity index (χ3n) is 5.40. The van der Waals surface area contributed by atoms with Crippen molar-refractivity contribution < 1.29 is 0 Å². The lowest BCUT2D eigenvalue weighted by molar-refractivity contribution is 0.688. The van der Waals surface area contributed by atoms with E-state index in [4.69, 9.17) is 0 Å². The van der Waals surface area contributed by atoms with Crippen LogP contribution >= 0.6 is 0 Å². The van der Waals surface area contributed by atoms with E-state index in [1.165, 1.54) is 29.5 Å². The molecule has 0 heterocycles. The molecule has 0 aliphatic heterocycles. The molecule has 0 nitrogen and oxygen atoms in total. The van der Waals surface area contributed by atoms with Crippen molar-refractivity contribution >= 4 is 0 Å². The van der Waals surface area contributed by atoms with Crippen LogP contribution in [0.5, 0.6) is 0 Å². The fourth-order valence-electron chi connectivity index (χ4n) is 4.01. The van der Waals surface area contributed by atoms with E-state index in [1.54, 1.807) is 22.3 Å². The van der Waals surface area contributed by atoms with Crippen LogP contribution < -0.4 is 0 Å². The van der Waals surface area contributed by atoms with Gasteiger partial charge in [0.25, 0.3) is 0 Å². The Bertz CT molecular complexity index is 679. The molecule has 1 aliphatic rings. The molecule has 0 bridgehead atoms. The first kappa shape index (κ1) is 15.3. The van der Waals surface area contributed by atoms with E-state index in [0.29, 0.717) is 5.92 Å². The Morgan fingerprint density at radius 3 is 2.45 bits per heavy atom. The van der Waals surface area contributed by atoms with Crippen molar-refractivity contribution in [2.75, 3.05) is 0 Å². The van der Waals surface area contributed by atoms with Crippen LogP contribution in [0.25, 0.3) is 11.1 Å². The fraction of sp³-hybridized carbons (Fsp3) is 0.455. The summed E-state index contributed by atoms with van der Waals surface area (Å²) in [5.41, 5.74) is 10.8. The van der Waals surface area contributed by atoms with Crippen LogP contribution in [-0.2, 0) is 25.7 Å². The lowest BCUT2D eigenvalue weighted by atomic mass is 9.85. The van der Waals surface area contributed by atoms with Crippen molar-refractivity contribution in [2.45, 2.75) is 65.7 Å². The van der Waals surface area contributed by atoms with Gasteiger partial charge in [-0.2, -0.15) is 0 Å². The van der Waals surface area contributed by atoms with Gasteiger partial charge in [-0.05, 0) is 77.0 Å². The van der Waals surface area contributed by atoms with E-state index in [2.05, 4.69) is 58.0 Å². The Labute approximate surface area is 135 Å². The molecule has 0 spiro atoms. The highest BCUT2D eigenvalue weighted by molar-refractivity contribution is 5.77. The summed E-state index contributed by atoms with van der Waals surface area (Å²) in [6.07, 6.45) is 5.87. The zero-order valence-corrected chi connectivity index (χ0v) is 14.5. The molecule has 0 saturated heterocycles. The third kappa shape index (κ3) is 2.49. The highest BCUT2D eigenvalue weighted by atomic mass is 14.3. The minimum atomic E-state index is 0.656. The summed E-state index contributed by atoms with van der Waals surface area (Å²) in [4.78, 5) is 0. The molecule has 0 saturated carbocycles. The Morgan fingerprint density at radius 1 is 0.955 bits per heavy atom. The molecule has 1 atom stereocenters. The van der Waals surface area contributed by atoms with Gasteiger partial charge in [0, 0.05) is 0 Å². The van der Waals surface area contributed by atoms with E-state index in [1.807, 2.05) is 0 Å². The van der Waals surface area contributed by atoms with Crippen LogP contribution in [-0.4, -0.2) is 0 Å². The Balaban J connectivity index is 2.30. The molecular weight excluding hydrogens is 264 g/mol. The van der Waals surface area contributed by atoms with Gasteiger partial charge >= 0.3 is 0 Å². The minimum absolute atomic E-state index is 0.656. The first-order valence-electron chi connectivity index (χ1n) is 8.96. The van der Waals surface area contributed by atoms with Crippen molar-refractivity contribution in [1.82, 2.24) is 0 Å². The maximum Gasteiger partial charge on any atom is -0.0114 e. The first-order valence-corrected chi connectivity index (χ1v) is 8.96. The third-order valence-corrected chi connectivity index (χ3v) is 5.40. The molecule has 0 amide bonds. The van der Waals surface area contributed by atoms with E-state index in [0.717, 1.165) is 19.3 Å². The van der Waals surface area contributed by atoms with Crippen molar-refractivity contribution in [2.24, 2.45) is 0 Å². The standard InChI is InChI=1S/C22H28/c1-5-16-9-13-20-21(14-16)15(4)8-10-18-12-11-17(6-2)19(7-3)22(18)20/h9,11-15H,5-8,10H2,1-4H3/t15-/m0/s1. The molecule has 0 unspecified atom stereocenters. The Hall–Kier alpha value is -1.56. The van der Waals surface area contributed by atoms with Crippen molar-refractivity contribution in [3.63, 3.8) is 0 Å². The van der Waals surface area contributed by atoms with E-state index < -0.39 is 0 Å². The van der Waals surface area contributed by atoms with E-state index in [9.17, 15) is 0 Å². The average molecular weight is 292 g/mol. The predicted molar refractivity (Wildman–Crippen MR) is 96.7 cm³/mol. The first-order chi connectivity index (χ1) is 10.7. The Morgan fingerprint density at radius 2 is 1.77 bits per heavy atom. The van der Waals surface area contributed by atoms with Crippen LogP contribution in [0.4, 0.5) is 0 Å². The second-order valence-corrected chi connectivity index (χ2v) is 6.66. The van der Waals surface area contributed by atoms with Crippen molar-refractivity contribution in [3.05, 3.63) is 58.1 Å². The van der Waals surface area contributed by atoms with E-state index in [-0.39, 0.29) is 0 Å². The molecule has 2 aromatic carbocycles. The number of benzene rings is 2. The monoisotopic (exact) mass is 292 g/mol. The van der Waals surface area contributed by atoms with Gasteiger partial charge in [0.1, 0.15) is 0 Å². The zero-order valence-electron chi connectivity index (χ0n) is 14.5. The lowest BCUT2D eigenvalue weighted by Crippen LogP contribution is -2.00. The highest BCUT2D eigenvalue weighted by Crippen LogP contribution is 2.41. The lowest BCUT2D eigenvalue weighted by Gasteiger charge is -2.19. The molecule has 0 radical (unpaired) electrons. The van der Waals surface area contributed by atoms with Crippen LogP contribution in [0.1, 0.15) is 67.9 Å². The van der Waals surface area contributed by atoms with Gasteiger partial charge in [-0.3, -0.25) is 0 Å². The summed E-state index contributed by atoms with van der Waals surface area (Å²) in [5, 5.41) is 0. The molecule has 22 heavy (non-hydrogen) atoms. The second kappa shape index (κ2) is 6.28. The van der Waals surface area contributed by atoms with Crippen LogP contribution in [0, 0.1) is 0 Å². The van der Waals surface area contributed by atoms with Crippen LogP contribution in [0.3, 0.4) is 0 Å². The molecule has 0 heteroatoms. The molecule has 0 N–H and O–H groups in total. The maximum absolute atomic E-state index is 2.47. The molecular formula is C22H28. The highest BCUT2D eigenvalue weighted by Gasteiger charge is 2.22. The number of aryl methyl sites for hydroxylation is 3. The van der Waals surface area contributed by atoms with Crippen LogP contribution in [0.15, 0.2) is 30.3 Å². The topological polar surface area (TPSA) is 0 Å². The summed E-state index contributed by atoms with van der Waals surface area (Å²) in [7, 11) is 0. The molecule has 1 aliphatic carbocycles. The number of hydrogen-bond donors (Lipinski definition) is 0. The zero-order chi connectivity index (χ0) is 15.7. The molecule has 2 aromatic rings. The van der Waals surface area contributed by atoms with Gasteiger partial charge in [0.15, 0.2) is 0 Å². The number of fused-ring (bicyclic) bond motifs is 3. The number of rotatable bonds is 3. The summed E-state index contributed by atoms with van der Waals surface area (Å²) in [6, 6.07) is 12.0. The van der Waals surface area contributed by atoms with Gasteiger partial charge in [-0.1, -0.05) is 58.0 Å². The van der Waals surface area contributed by atoms with Gasteiger partial charge < -0.3 is 0 Å². The summed E-state index contributed by atoms with van der Waals surface area (Å²) in [6.45, 7) is 9.24. The van der Waals surface area contributed by atoms with Gasteiger partial charge in [-0.25, -0.2) is 0 Å². The normalized spacial score (nSPS) is 16.8. The largest absolute Gasteiger partial charge is 0.0613 e. The quantitative estimate of drug-likeness (QED) is 0.642. The predicted octanol–water partition coefficient (Wildman–Crippen LogP) is 6.09. The van der Waals surface area contributed by atoms with Gasteiger partial charge in [-0.15, -0.1) is 0 Å². The van der Waals surface area contributed by atoms with Crippen LogP contribution in [0.2, 0.25) is 0 Å². The molecule has 0 aromatic heterocycles. The second-order valence-electron chi connectivity index (χ2n) is 6.66. The average Bonchev–Trinajstić information content (AvgIpc) is 2.71.